The maximum Gasteiger partial charge on any atom is 0.272 e. The van der Waals surface area contributed by atoms with Crippen LogP contribution in [0.15, 0.2) is 41.6 Å². The van der Waals surface area contributed by atoms with E-state index >= 15 is 0 Å². The van der Waals surface area contributed by atoms with Gasteiger partial charge in [0.2, 0.25) is 0 Å². The van der Waals surface area contributed by atoms with Gasteiger partial charge in [-0.2, -0.15) is 0 Å². The number of hydrogen-bond acceptors (Lipinski definition) is 5. The van der Waals surface area contributed by atoms with Gasteiger partial charge in [-0.3, -0.25) is 14.4 Å². The number of anilines is 2. The molecular formula is C32H29Cl2F2N5O4. The van der Waals surface area contributed by atoms with E-state index in [0.29, 0.717) is 59.7 Å². The maximum absolute atomic E-state index is 13.2. The Labute approximate surface area is 267 Å². The molecule has 6 rings (SSSR count). The molecule has 0 bridgehead atoms. The quantitative estimate of drug-likeness (QED) is 0.162. The van der Waals surface area contributed by atoms with E-state index in [9.17, 15) is 23.2 Å². The average molecular weight is 657 g/mol. The van der Waals surface area contributed by atoms with E-state index < -0.39 is 11.6 Å². The van der Waals surface area contributed by atoms with Crippen molar-refractivity contribution in [2.45, 2.75) is 39.5 Å². The minimum Gasteiger partial charge on any atom is -0.411 e. The number of amides is 2. The summed E-state index contributed by atoms with van der Waals surface area (Å²) in [5.74, 6) is -1.64. The molecule has 0 saturated carbocycles. The fraction of sp³-hybridized carbons (Fsp3) is 0.250. The van der Waals surface area contributed by atoms with Crippen molar-refractivity contribution in [3.8, 4) is 0 Å². The van der Waals surface area contributed by atoms with Gasteiger partial charge < -0.3 is 25.0 Å². The van der Waals surface area contributed by atoms with Crippen molar-refractivity contribution < 1.29 is 28.4 Å². The zero-order chi connectivity index (χ0) is 32.7. The summed E-state index contributed by atoms with van der Waals surface area (Å²) in [6.07, 6.45) is 2.26. The zero-order valence-corrected chi connectivity index (χ0v) is 26.3. The Morgan fingerprint density at radius 1 is 0.778 bits per heavy atom. The van der Waals surface area contributed by atoms with Crippen molar-refractivity contribution in [3.05, 3.63) is 103 Å². The minimum atomic E-state index is -0.541. The van der Waals surface area contributed by atoms with Crippen LogP contribution in [-0.2, 0) is 26.9 Å². The molecule has 234 valence electrons. The number of nitrogens with zero attached hydrogens (tertiary/aromatic N) is 3. The molecule has 0 saturated heterocycles. The van der Waals surface area contributed by atoms with Crippen molar-refractivity contribution in [2.24, 2.45) is 19.3 Å². The molecule has 0 unspecified atom stereocenters. The molecule has 2 heterocycles. The predicted molar refractivity (Wildman–Crippen MR) is 168 cm³/mol. The Hall–Kier alpha value is -4.48. The third kappa shape index (κ3) is 5.85. The Kier molecular flexibility index (Phi) is 8.86. The number of carbonyl (C=O) groups excluding carboxylic acids is 3. The van der Waals surface area contributed by atoms with Crippen molar-refractivity contribution in [2.75, 3.05) is 10.6 Å². The molecule has 2 aliphatic carbocycles. The Morgan fingerprint density at radius 2 is 1.22 bits per heavy atom. The Morgan fingerprint density at radius 3 is 1.69 bits per heavy atom. The van der Waals surface area contributed by atoms with Crippen LogP contribution in [0, 0.1) is 25.5 Å². The third-order valence-electron chi connectivity index (χ3n) is 8.26. The summed E-state index contributed by atoms with van der Waals surface area (Å²) in [6.45, 7) is 3.70. The molecule has 3 N–H and O–H groups in total. The highest BCUT2D eigenvalue weighted by Gasteiger charge is 2.32. The fourth-order valence-corrected chi connectivity index (χ4v) is 6.29. The van der Waals surface area contributed by atoms with Crippen LogP contribution in [0.2, 0.25) is 10.0 Å². The van der Waals surface area contributed by atoms with Crippen LogP contribution >= 0.6 is 23.2 Å². The van der Waals surface area contributed by atoms with Gasteiger partial charge in [0.15, 0.2) is 5.78 Å². The fourth-order valence-electron chi connectivity index (χ4n) is 5.93. The van der Waals surface area contributed by atoms with Crippen LogP contribution in [0.1, 0.15) is 72.3 Å². The van der Waals surface area contributed by atoms with Crippen LogP contribution in [-0.4, -0.2) is 37.7 Å². The Bertz CT molecular complexity index is 1930. The molecule has 0 radical (unpaired) electrons. The summed E-state index contributed by atoms with van der Waals surface area (Å²) in [6, 6.07) is 8.02. The highest BCUT2D eigenvalue weighted by molar-refractivity contribution is 6.31. The number of halogens is 4. The molecule has 9 nitrogen and oxygen atoms in total. The molecule has 4 aromatic rings. The third-order valence-corrected chi connectivity index (χ3v) is 8.84. The van der Waals surface area contributed by atoms with Crippen LogP contribution in [0.25, 0.3) is 0 Å². The number of Topliss-reactive ketones (excluding diaryl/α,β-unsaturated/α-hetero) is 1. The predicted octanol–water partition coefficient (Wildman–Crippen LogP) is 7.01. The highest BCUT2D eigenvalue weighted by atomic mass is 35.5. The second-order valence-electron chi connectivity index (χ2n) is 10.8. The number of hydrogen-bond donors (Lipinski definition) is 3. The van der Waals surface area contributed by atoms with E-state index in [-0.39, 0.29) is 27.6 Å². The number of benzene rings is 2. The highest BCUT2D eigenvalue weighted by Crippen LogP contribution is 2.33. The smallest absolute Gasteiger partial charge is 0.272 e. The van der Waals surface area contributed by atoms with Gasteiger partial charge in [-0.25, -0.2) is 8.78 Å². The van der Waals surface area contributed by atoms with E-state index in [4.69, 9.17) is 28.4 Å². The van der Waals surface area contributed by atoms with Crippen LogP contribution in [0.5, 0.6) is 0 Å². The van der Waals surface area contributed by atoms with E-state index in [1.165, 1.54) is 36.4 Å². The summed E-state index contributed by atoms with van der Waals surface area (Å²) >= 11 is 11.5. The second-order valence-corrected chi connectivity index (χ2v) is 11.6. The van der Waals surface area contributed by atoms with E-state index in [1.54, 1.807) is 23.2 Å². The molecule has 2 amide bonds. The molecule has 2 aromatic heterocycles. The van der Waals surface area contributed by atoms with Crippen LogP contribution in [0.4, 0.5) is 20.2 Å². The van der Waals surface area contributed by atoms with Gasteiger partial charge in [-0.05, 0) is 80.6 Å². The standard InChI is InChI=1S/C16H15ClFN3O2.C16H14ClFN2O2/c1-8-14-10(4-6-13(14)20-23)15(21(8)2)16(22)19-9-3-5-12(18)11(17)7-9;1-8-14-10(4-6-13(14)21)15(20(8)2)16(22)19-9-3-5-12(18)11(17)7-9/h3,5,7,23H,4,6H2,1-2H3,(H,19,22);3,5,7H,4,6H2,1-2H3,(H,19,22). The lowest BCUT2D eigenvalue weighted by Gasteiger charge is -2.09. The van der Waals surface area contributed by atoms with Crippen LogP contribution < -0.4 is 10.6 Å². The average Bonchev–Trinajstić information content (AvgIpc) is 3.71. The lowest BCUT2D eigenvalue weighted by Crippen LogP contribution is -2.18. The lowest BCUT2D eigenvalue weighted by atomic mass is 10.1. The van der Waals surface area contributed by atoms with E-state index in [0.717, 1.165) is 28.1 Å². The zero-order valence-electron chi connectivity index (χ0n) is 24.8. The van der Waals surface area contributed by atoms with Gasteiger partial charge >= 0.3 is 0 Å². The van der Waals surface area contributed by atoms with Crippen molar-refractivity contribution >= 4 is 57.9 Å². The molecule has 0 aliphatic heterocycles. The van der Waals surface area contributed by atoms with Crippen LogP contribution in [0.3, 0.4) is 0 Å². The normalized spacial score (nSPS) is 14.2. The van der Waals surface area contributed by atoms with Crippen molar-refractivity contribution in [1.82, 2.24) is 9.13 Å². The molecule has 0 fully saturated rings. The first kappa shape index (κ1) is 31.9. The van der Waals surface area contributed by atoms with Gasteiger partial charge in [-0.1, -0.05) is 28.4 Å². The molecule has 0 spiro atoms. The van der Waals surface area contributed by atoms with E-state index in [2.05, 4.69) is 15.8 Å². The number of rotatable bonds is 4. The summed E-state index contributed by atoms with van der Waals surface area (Å²) in [7, 11) is 3.54. The topological polar surface area (TPSA) is 118 Å². The molecule has 2 aromatic carbocycles. The Balaban J connectivity index is 0.000000178. The number of oxime groups is 1. The SMILES string of the molecule is Cc1c2c(c(C(=O)Nc3ccc(F)c(Cl)c3)n1C)CCC2=NO.Cc1c2c(c(C(=O)Nc3ccc(F)c(Cl)c3)n1C)CCC2=O. The number of aromatic nitrogens is 2. The molecular weight excluding hydrogens is 627 g/mol. The summed E-state index contributed by atoms with van der Waals surface area (Å²) in [5, 5.41) is 17.7. The number of carbonyl (C=O) groups is 3. The van der Waals surface area contributed by atoms with E-state index in [1.807, 2.05) is 13.8 Å². The first-order valence-electron chi connectivity index (χ1n) is 14.0. The van der Waals surface area contributed by atoms with Gasteiger partial charge in [0.25, 0.3) is 11.8 Å². The first-order chi connectivity index (χ1) is 21.3. The summed E-state index contributed by atoms with van der Waals surface area (Å²) < 4.78 is 29.9. The van der Waals surface area contributed by atoms with Crippen molar-refractivity contribution in [1.29, 1.82) is 0 Å². The second kappa shape index (κ2) is 12.5. The van der Waals surface area contributed by atoms with Crippen molar-refractivity contribution in [3.63, 3.8) is 0 Å². The van der Waals surface area contributed by atoms with Gasteiger partial charge in [0.05, 0.1) is 15.8 Å². The van der Waals surface area contributed by atoms with Gasteiger partial charge in [0.1, 0.15) is 23.0 Å². The molecule has 2 aliphatic rings. The number of nitrogens with one attached hydrogen (secondary N) is 2. The van der Waals surface area contributed by atoms with Gasteiger partial charge in [-0.15, -0.1) is 0 Å². The number of fused-ring (bicyclic) bond motifs is 2. The monoisotopic (exact) mass is 655 g/mol. The summed E-state index contributed by atoms with van der Waals surface area (Å²) in [4.78, 5) is 37.1. The molecule has 13 heteroatoms. The molecule has 45 heavy (non-hydrogen) atoms. The van der Waals surface area contributed by atoms with Gasteiger partial charge in [0, 0.05) is 54.4 Å². The lowest BCUT2D eigenvalue weighted by molar-refractivity contribution is 0.0988. The minimum absolute atomic E-state index is 0.0502. The summed E-state index contributed by atoms with van der Waals surface area (Å²) in [5.41, 5.74) is 7.21. The molecule has 0 atom stereocenters. The first-order valence-corrected chi connectivity index (χ1v) is 14.7. The number of ketones is 1. The largest absolute Gasteiger partial charge is 0.411 e. The maximum atomic E-state index is 13.2.